The molecular formula is C18H21N3O2. The minimum atomic E-state index is -0.219. The summed E-state index contributed by atoms with van der Waals surface area (Å²) in [5.74, 6) is 0.476. The van der Waals surface area contributed by atoms with Gasteiger partial charge in [-0.1, -0.05) is 36.4 Å². The molecule has 0 saturated carbocycles. The van der Waals surface area contributed by atoms with E-state index >= 15 is 0 Å². The molecular weight excluding hydrogens is 290 g/mol. The van der Waals surface area contributed by atoms with Crippen LogP contribution in [0, 0.1) is 6.92 Å². The largest absolute Gasteiger partial charge is 0.495 e. The average molecular weight is 311 g/mol. The van der Waals surface area contributed by atoms with E-state index in [-0.39, 0.29) is 12.5 Å². The zero-order valence-corrected chi connectivity index (χ0v) is 13.6. The summed E-state index contributed by atoms with van der Waals surface area (Å²) >= 11 is 0. The second-order valence-electron chi connectivity index (χ2n) is 5.10. The van der Waals surface area contributed by atoms with Gasteiger partial charge in [-0.2, -0.15) is 5.10 Å². The van der Waals surface area contributed by atoms with Crippen LogP contribution in [0.25, 0.3) is 0 Å². The van der Waals surface area contributed by atoms with Gasteiger partial charge in [0.25, 0.3) is 5.91 Å². The lowest BCUT2D eigenvalue weighted by atomic mass is 10.1. The molecule has 2 rings (SSSR count). The van der Waals surface area contributed by atoms with E-state index in [1.165, 1.54) is 0 Å². The van der Waals surface area contributed by atoms with Crippen molar-refractivity contribution in [3.05, 3.63) is 59.7 Å². The lowest BCUT2D eigenvalue weighted by Crippen LogP contribution is -2.27. The molecule has 23 heavy (non-hydrogen) atoms. The zero-order valence-electron chi connectivity index (χ0n) is 13.6. The highest BCUT2D eigenvalue weighted by molar-refractivity contribution is 6.00. The van der Waals surface area contributed by atoms with E-state index in [9.17, 15) is 4.79 Å². The van der Waals surface area contributed by atoms with Crippen molar-refractivity contribution in [2.45, 2.75) is 13.8 Å². The maximum Gasteiger partial charge on any atom is 0.259 e. The summed E-state index contributed by atoms with van der Waals surface area (Å²) in [5.41, 5.74) is 6.24. The van der Waals surface area contributed by atoms with E-state index in [2.05, 4.69) is 15.8 Å². The molecule has 0 bridgehead atoms. The quantitative estimate of drug-likeness (QED) is 0.637. The van der Waals surface area contributed by atoms with Crippen LogP contribution >= 0.6 is 0 Å². The van der Waals surface area contributed by atoms with Crippen molar-refractivity contribution in [1.82, 2.24) is 5.43 Å². The molecule has 0 saturated heterocycles. The van der Waals surface area contributed by atoms with E-state index < -0.39 is 0 Å². The van der Waals surface area contributed by atoms with E-state index in [1.807, 2.05) is 62.4 Å². The Labute approximate surface area is 136 Å². The number of hydrogen-bond acceptors (Lipinski definition) is 4. The van der Waals surface area contributed by atoms with Crippen molar-refractivity contribution in [3.63, 3.8) is 0 Å². The summed E-state index contributed by atoms with van der Waals surface area (Å²) in [7, 11) is 1.59. The molecule has 0 aromatic heterocycles. The Morgan fingerprint density at radius 2 is 1.83 bits per heavy atom. The van der Waals surface area contributed by atoms with Gasteiger partial charge in [-0.25, -0.2) is 5.43 Å². The second-order valence-corrected chi connectivity index (χ2v) is 5.10. The third-order valence-corrected chi connectivity index (χ3v) is 3.43. The molecule has 5 nitrogen and oxygen atoms in total. The number of amides is 1. The molecule has 0 radical (unpaired) electrons. The fourth-order valence-electron chi connectivity index (χ4n) is 2.19. The molecule has 0 heterocycles. The topological polar surface area (TPSA) is 62.7 Å². The number of carbonyl (C=O) groups is 1. The third-order valence-electron chi connectivity index (χ3n) is 3.43. The van der Waals surface area contributed by atoms with Crippen LogP contribution in [0.4, 0.5) is 5.69 Å². The Hall–Kier alpha value is -2.82. The molecule has 0 aliphatic heterocycles. The van der Waals surface area contributed by atoms with Crippen LogP contribution in [0.15, 0.2) is 53.6 Å². The van der Waals surface area contributed by atoms with Crippen molar-refractivity contribution in [1.29, 1.82) is 0 Å². The maximum absolute atomic E-state index is 11.9. The van der Waals surface area contributed by atoms with Crippen molar-refractivity contribution in [2.75, 3.05) is 19.0 Å². The van der Waals surface area contributed by atoms with Crippen molar-refractivity contribution in [2.24, 2.45) is 5.10 Å². The van der Waals surface area contributed by atoms with Crippen molar-refractivity contribution >= 4 is 17.3 Å². The number of aryl methyl sites for hydroxylation is 1. The minimum absolute atomic E-state index is 0.116. The molecule has 2 N–H and O–H groups in total. The smallest absolute Gasteiger partial charge is 0.259 e. The lowest BCUT2D eigenvalue weighted by Gasteiger charge is -2.10. The molecule has 0 fully saturated rings. The van der Waals surface area contributed by atoms with Gasteiger partial charge in [0.05, 0.1) is 25.1 Å². The van der Waals surface area contributed by atoms with E-state index in [4.69, 9.17) is 4.74 Å². The van der Waals surface area contributed by atoms with E-state index in [0.717, 1.165) is 22.5 Å². The first-order chi connectivity index (χ1) is 11.1. The van der Waals surface area contributed by atoms with Crippen LogP contribution in [-0.2, 0) is 4.79 Å². The molecule has 120 valence electrons. The standard InChI is InChI=1S/C18H21N3O2/c1-13-8-4-5-9-15(13)14(2)20-21-18(22)12-19-16-10-6-7-11-17(16)23-3/h4-11,19H,12H2,1-3H3,(H,21,22)/b20-14-. The fraction of sp³-hybridized carbons (Fsp3) is 0.222. The Kier molecular flexibility index (Phi) is 5.74. The number of para-hydroxylation sites is 2. The highest BCUT2D eigenvalue weighted by atomic mass is 16.5. The summed E-state index contributed by atoms with van der Waals surface area (Å²) in [4.78, 5) is 11.9. The first kappa shape index (κ1) is 16.5. The highest BCUT2D eigenvalue weighted by Crippen LogP contribution is 2.22. The average Bonchev–Trinajstić information content (AvgIpc) is 2.58. The number of hydrazone groups is 1. The molecule has 1 amide bonds. The van der Waals surface area contributed by atoms with Gasteiger partial charge in [-0.05, 0) is 31.5 Å². The number of methoxy groups -OCH3 is 1. The predicted molar refractivity (Wildman–Crippen MR) is 93.0 cm³/mol. The van der Waals surface area contributed by atoms with Gasteiger partial charge in [0.1, 0.15) is 5.75 Å². The van der Waals surface area contributed by atoms with Crippen LogP contribution in [0.3, 0.4) is 0 Å². The molecule has 2 aromatic rings. The van der Waals surface area contributed by atoms with Crippen LogP contribution < -0.4 is 15.5 Å². The Morgan fingerprint density at radius 3 is 2.57 bits per heavy atom. The van der Waals surface area contributed by atoms with Crippen molar-refractivity contribution < 1.29 is 9.53 Å². The predicted octanol–water partition coefficient (Wildman–Crippen LogP) is 2.96. The lowest BCUT2D eigenvalue weighted by molar-refractivity contribution is -0.119. The molecule has 0 atom stereocenters. The maximum atomic E-state index is 11.9. The van der Waals surface area contributed by atoms with Gasteiger partial charge in [-0.3, -0.25) is 4.79 Å². The van der Waals surface area contributed by atoms with Gasteiger partial charge < -0.3 is 10.1 Å². The second kappa shape index (κ2) is 7.98. The number of anilines is 1. The molecule has 0 aliphatic carbocycles. The third kappa shape index (κ3) is 4.57. The molecule has 5 heteroatoms. The van der Waals surface area contributed by atoms with Gasteiger partial charge in [0.15, 0.2) is 0 Å². The molecule has 0 unspecified atom stereocenters. The summed E-state index contributed by atoms with van der Waals surface area (Å²) < 4.78 is 5.23. The zero-order chi connectivity index (χ0) is 16.7. The number of nitrogens with zero attached hydrogens (tertiary/aromatic N) is 1. The number of benzene rings is 2. The SMILES string of the molecule is COc1ccccc1NCC(=O)N/N=C(/C)c1ccccc1C. The number of carbonyl (C=O) groups excluding carboxylic acids is 1. The van der Waals surface area contributed by atoms with Crippen molar-refractivity contribution in [3.8, 4) is 5.75 Å². The summed E-state index contributed by atoms with van der Waals surface area (Å²) in [6, 6.07) is 15.4. The van der Waals surface area contributed by atoms with Gasteiger partial charge in [-0.15, -0.1) is 0 Å². The van der Waals surface area contributed by atoms with Gasteiger partial charge >= 0.3 is 0 Å². The van der Waals surface area contributed by atoms with Crippen LogP contribution in [-0.4, -0.2) is 25.3 Å². The summed E-state index contributed by atoms with van der Waals surface area (Å²) in [6.45, 7) is 4.00. The fourth-order valence-corrected chi connectivity index (χ4v) is 2.19. The van der Waals surface area contributed by atoms with Crippen LogP contribution in [0.2, 0.25) is 0 Å². The summed E-state index contributed by atoms with van der Waals surface area (Å²) in [6.07, 6.45) is 0. The Morgan fingerprint density at radius 1 is 1.13 bits per heavy atom. The number of nitrogens with one attached hydrogen (secondary N) is 2. The Bertz CT molecular complexity index is 711. The summed E-state index contributed by atoms with van der Waals surface area (Å²) in [5, 5.41) is 7.19. The van der Waals surface area contributed by atoms with Gasteiger partial charge in [0, 0.05) is 5.56 Å². The highest BCUT2D eigenvalue weighted by Gasteiger charge is 2.05. The molecule has 0 aliphatic rings. The Balaban J connectivity index is 1.92. The molecule has 0 spiro atoms. The number of ether oxygens (including phenoxy) is 1. The molecule has 2 aromatic carbocycles. The first-order valence-electron chi connectivity index (χ1n) is 7.38. The van der Waals surface area contributed by atoms with E-state index in [0.29, 0.717) is 5.75 Å². The van der Waals surface area contributed by atoms with E-state index in [1.54, 1.807) is 7.11 Å². The van der Waals surface area contributed by atoms with Gasteiger partial charge in [0.2, 0.25) is 0 Å². The van der Waals surface area contributed by atoms with Crippen LogP contribution in [0.1, 0.15) is 18.1 Å². The first-order valence-corrected chi connectivity index (χ1v) is 7.38. The van der Waals surface area contributed by atoms with Crippen LogP contribution in [0.5, 0.6) is 5.75 Å². The normalized spacial score (nSPS) is 11.0. The number of hydrogen-bond donors (Lipinski definition) is 2. The monoisotopic (exact) mass is 311 g/mol. The minimum Gasteiger partial charge on any atom is -0.495 e. The number of rotatable bonds is 6.